The molecule has 0 heterocycles. The molecule has 0 aliphatic heterocycles. The van der Waals surface area contributed by atoms with E-state index in [1.165, 1.54) is 32.6 Å². The van der Waals surface area contributed by atoms with Crippen molar-refractivity contribution in [1.82, 2.24) is 0 Å². The number of aryl methyl sites for hydroxylation is 1. The standard InChI is InChI=1S/C15H20OSi/c1-15(2,16)14-8-7-11(9-10-17)12-5-3-4-6-13(12)14/h3-8,16H,9-10H2,1-2,17H3. The molecule has 2 rings (SSSR count). The van der Waals surface area contributed by atoms with Gasteiger partial charge in [0.15, 0.2) is 0 Å². The van der Waals surface area contributed by atoms with Crippen LogP contribution in [-0.2, 0) is 12.0 Å². The Hall–Kier alpha value is -1.12. The van der Waals surface area contributed by atoms with Crippen LogP contribution in [0.4, 0.5) is 0 Å². The van der Waals surface area contributed by atoms with Gasteiger partial charge in [-0.1, -0.05) is 42.4 Å². The molecule has 2 aromatic carbocycles. The van der Waals surface area contributed by atoms with Crippen LogP contribution in [0.2, 0.25) is 6.04 Å². The zero-order valence-corrected chi connectivity index (χ0v) is 12.8. The number of benzene rings is 2. The molecule has 0 aromatic heterocycles. The van der Waals surface area contributed by atoms with E-state index in [1.54, 1.807) is 0 Å². The minimum Gasteiger partial charge on any atom is -0.386 e. The average Bonchev–Trinajstić information content (AvgIpc) is 2.28. The van der Waals surface area contributed by atoms with Gasteiger partial charge in [-0.05, 0) is 42.2 Å². The van der Waals surface area contributed by atoms with Gasteiger partial charge >= 0.3 is 0 Å². The Morgan fingerprint density at radius 1 is 1.06 bits per heavy atom. The van der Waals surface area contributed by atoms with Gasteiger partial charge in [-0.25, -0.2) is 0 Å². The molecule has 17 heavy (non-hydrogen) atoms. The normalized spacial score (nSPS) is 12.2. The fourth-order valence-corrected chi connectivity index (χ4v) is 2.92. The smallest absolute Gasteiger partial charge is 0.0846 e. The third-order valence-corrected chi connectivity index (χ3v) is 3.69. The summed E-state index contributed by atoms with van der Waals surface area (Å²) in [7, 11) is 1.24. The van der Waals surface area contributed by atoms with Gasteiger partial charge in [0.1, 0.15) is 0 Å². The van der Waals surface area contributed by atoms with Crippen molar-refractivity contribution in [2.75, 3.05) is 0 Å². The molecule has 0 saturated heterocycles. The maximum absolute atomic E-state index is 10.2. The van der Waals surface area contributed by atoms with Crippen LogP contribution in [0.5, 0.6) is 0 Å². The maximum Gasteiger partial charge on any atom is 0.0846 e. The molecule has 1 nitrogen and oxygen atoms in total. The summed E-state index contributed by atoms with van der Waals surface area (Å²) >= 11 is 0. The van der Waals surface area contributed by atoms with Gasteiger partial charge in [-0.2, -0.15) is 0 Å². The van der Waals surface area contributed by atoms with E-state index in [1.807, 2.05) is 19.9 Å². The lowest BCUT2D eigenvalue weighted by Gasteiger charge is -2.21. The molecule has 90 valence electrons. The third-order valence-electron chi connectivity index (χ3n) is 3.19. The monoisotopic (exact) mass is 244 g/mol. The Kier molecular flexibility index (Phi) is 3.36. The van der Waals surface area contributed by atoms with Crippen molar-refractivity contribution < 1.29 is 5.11 Å². The number of aliphatic hydroxyl groups is 1. The average molecular weight is 244 g/mol. The van der Waals surface area contributed by atoms with Gasteiger partial charge in [0.2, 0.25) is 0 Å². The van der Waals surface area contributed by atoms with Crippen molar-refractivity contribution in [1.29, 1.82) is 0 Å². The minimum atomic E-state index is -0.779. The Bertz CT molecular complexity index is 526. The molecule has 0 fully saturated rings. The highest BCUT2D eigenvalue weighted by atomic mass is 28.1. The molecular weight excluding hydrogens is 224 g/mol. The van der Waals surface area contributed by atoms with Gasteiger partial charge in [0, 0.05) is 10.2 Å². The molecule has 0 aliphatic rings. The summed E-state index contributed by atoms with van der Waals surface area (Å²) in [6.07, 6.45) is 1.15. The first-order valence-corrected chi connectivity index (χ1v) is 7.69. The van der Waals surface area contributed by atoms with Crippen LogP contribution in [0.3, 0.4) is 0 Å². The lowest BCUT2D eigenvalue weighted by atomic mass is 9.90. The second kappa shape index (κ2) is 4.63. The quantitative estimate of drug-likeness (QED) is 0.822. The number of rotatable bonds is 3. The molecule has 0 atom stereocenters. The largest absolute Gasteiger partial charge is 0.386 e. The Balaban J connectivity index is 2.71. The second-order valence-corrected chi connectivity index (χ2v) is 6.13. The molecule has 0 amide bonds. The van der Waals surface area contributed by atoms with E-state index in [9.17, 15) is 5.11 Å². The molecule has 0 aliphatic carbocycles. The van der Waals surface area contributed by atoms with Crippen LogP contribution in [0.25, 0.3) is 10.8 Å². The third kappa shape index (κ3) is 2.43. The number of fused-ring (bicyclic) bond motifs is 1. The number of hydrogen-bond donors (Lipinski definition) is 1. The van der Waals surface area contributed by atoms with Crippen LogP contribution in [0, 0.1) is 0 Å². The highest BCUT2D eigenvalue weighted by Crippen LogP contribution is 2.30. The molecule has 0 radical (unpaired) electrons. The van der Waals surface area contributed by atoms with Gasteiger partial charge < -0.3 is 5.11 Å². The van der Waals surface area contributed by atoms with Crippen molar-refractivity contribution in [2.45, 2.75) is 31.9 Å². The number of hydrogen-bond acceptors (Lipinski definition) is 1. The van der Waals surface area contributed by atoms with Crippen LogP contribution >= 0.6 is 0 Å². The molecule has 0 saturated carbocycles. The van der Waals surface area contributed by atoms with Gasteiger partial charge in [-0.3, -0.25) is 0 Å². The van der Waals surface area contributed by atoms with Crippen molar-refractivity contribution in [2.24, 2.45) is 0 Å². The summed E-state index contributed by atoms with van der Waals surface area (Å²) in [5.74, 6) is 0. The Labute approximate surface area is 106 Å². The van der Waals surface area contributed by atoms with Gasteiger partial charge in [0.05, 0.1) is 5.60 Å². The second-order valence-electron chi connectivity index (χ2n) is 5.13. The van der Waals surface area contributed by atoms with E-state index in [-0.39, 0.29) is 0 Å². The zero-order valence-electron chi connectivity index (χ0n) is 10.8. The molecule has 1 N–H and O–H groups in total. The van der Waals surface area contributed by atoms with Crippen LogP contribution in [-0.4, -0.2) is 15.3 Å². The van der Waals surface area contributed by atoms with E-state index in [2.05, 4.69) is 30.3 Å². The summed E-state index contributed by atoms with van der Waals surface area (Å²) < 4.78 is 0. The van der Waals surface area contributed by atoms with E-state index in [4.69, 9.17) is 0 Å². The summed E-state index contributed by atoms with van der Waals surface area (Å²) in [6.45, 7) is 3.70. The van der Waals surface area contributed by atoms with E-state index in [0.717, 1.165) is 12.0 Å². The maximum atomic E-state index is 10.2. The molecule has 2 aromatic rings. The molecule has 2 heteroatoms. The Morgan fingerprint density at radius 3 is 2.29 bits per heavy atom. The fraction of sp³-hybridized carbons (Fsp3) is 0.333. The van der Waals surface area contributed by atoms with Gasteiger partial charge in [-0.15, -0.1) is 0 Å². The fourth-order valence-electron chi connectivity index (χ4n) is 2.38. The van der Waals surface area contributed by atoms with Crippen LogP contribution in [0.1, 0.15) is 25.0 Å². The van der Waals surface area contributed by atoms with Crippen molar-refractivity contribution >= 4 is 21.0 Å². The SMILES string of the molecule is CC(C)(O)c1ccc(CC[SiH3])c2ccccc12. The summed E-state index contributed by atoms with van der Waals surface area (Å²) in [6, 6.07) is 13.9. The van der Waals surface area contributed by atoms with Gasteiger partial charge in [0.25, 0.3) is 0 Å². The summed E-state index contributed by atoms with van der Waals surface area (Å²) in [4.78, 5) is 0. The molecular formula is C15H20OSi. The predicted molar refractivity (Wildman–Crippen MR) is 77.6 cm³/mol. The van der Waals surface area contributed by atoms with Crippen molar-refractivity contribution in [3.8, 4) is 0 Å². The van der Waals surface area contributed by atoms with Crippen LogP contribution in [0.15, 0.2) is 36.4 Å². The minimum absolute atomic E-state index is 0.779. The van der Waals surface area contributed by atoms with Crippen LogP contribution < -0.4 is 0 Å². The zero-order chi connectivity index (χ0) is 12.5. The lowest BCUT2D eigenvalue weighted by Crippen LogP contribution is -2.16. The van der Waals surface area contributed by atoms with E-state index < -0.39 is 5.60 Å². The van der Waals surface area contributed by atoms with E-state index >= 15 is 0 Å². The summed E-state index contributed by atoms with van der Waals surface area (Å²) in [5.41, 5.74) is 1.65. The lowest BCUT2D eigenvalue weighted by molar-refractivity contribution is 0.0802. The topological polar surface area (TPSA) is 20.2 Å². The summed E-state index contributed by atoms with van der Waals surface area (Å²) in [5, 5.41) is 12.7. The first-order chi connectivity index (χ1) is 8.04. The predicted octanol–water partition coefficient (Wildman–Crippen LogP) is 2.39. The molecule has 0 spiro atoms. The first kappa shape index (κ1) is 12.3. The highest BCUT2D eigenvalue weighted by Gasteiger charge is 2.19. The molecule has 0 bridgehead atoms. The van der Waals surface area contributed by atoms with Crippen molar-refractivity contribution in [3.63, 3.8) is 0 Å². The molecule has 0 unspecified atom stereocenters. The van der Waals surface area contributed by atoms with Crippen molar-refractivity contribution in [3.05, 3.63) is 47.5 Å². The first-order valence-electron chi connectivity index (χ1n) is 6.27. The Morgan fingerprint density at radius 2 is 1.71 bits per heavy atom. The highest BCUT2D eigenvalue weighted by molar-refractivity contribution is 6.08. The van der Waals surface area contributed by atoms with E-state index in [0.29, 0.717) is 0 Å².